The quantitative estimate of drug-likeness (QED) is 0.926. The molecular weight excluding hydrogens is 276 g/mol. The lowest BCUT2D eigenvalue weighted by Gasteiger charge is -2.34. The summed E-state index contributed by atoms with van der Waals surface area (Å²) in [5.41, 5.74) is 1.01. The predicted molar refractivity (Wildman–Crippen MR) is 88.7 cm³/mol. The zero-order valence-corrected chi connectivity index (χ0v) is 14.0. The lowest BCUT2D eigenvalue weighted by atomic mass is 9.99. The zero-order chi connectivity index (χ0) is 16.0. The van der Waals surface area contributed by atoms with E-state index in [9.17, 15) is 4.79 Å². The van der Waals surface area contributed by atoms with Gasteiger partial charge in [-0.05, 0) is 39.2 Å². The van der Waals surface area contributed by atoms with Crippen molar-refractivity contribution in [3.8, 4) is 0 Å². The van der Waals surface area contributed by atoms with Gasteiger partial charge in [-0.3, -0.25) is 0 Å². The van der Waals surface area contributed by atoms with Crippen molar-refractivity contribution in [2.45, 2.75) is 45.8 Å². The van der Waals surface area contributed by atoms with E-state index in [4.69, 9.17) is 4.74 Å². The van der Waals surface area contributed by atoms with Crippen LogP contribution in [0.15, 0.2) is 30.3 Å². The van der Waals surface area contributed by atoms with Crippen LogP contribution in [0.5, 0.6) is 0 Å². The first-order valence-corrected chi connectivity index (χ1v) is 8.13. The first-order valence-electron chi connectivity index (χ1n) is 8.13. The van der Waals surface area contributed by atoms with E-state index in [1.807, 2.05) is 43.9 Å². The van der Waals surface area contributed by atoms with Crippen LogP contribution >= 0.6 is 0 Å². The second-order valence-corrected chi connectivity index (χ2v) is 7.14. The maximum absolute atomic E-state index is 12.2. The standard InChI is InChI=1S/C18H28N2O2/c1-18(2,3)19-17(21)20-11-7-10-16(12-20)14-22-13-15-8-5-4-6-9-15/h4-6,8-9,16H,7,10-14H2,1-3H3,(H,19,21). The van der Waals surface area contributed by atoms with Gasteiger partial charge in [-0.2, -0.15) is 0 Å². The predicted octanol–water partition coefficient (Wildman–Crippen LogP) is 3.42. The number of benzene rings is 1. The summed E-state index contributed by atoms with van der Waals surface area (Å²) in [5.74, 6) is 0.434. The smallest absolute Gasteiger partial charge is 0.317 e. The van der Waals surface area contributed by atoms with E-state index in [0.29, 0.717) is 19.1 Å². The zero-order valence-electron chi connectivity index (χ0n) is 14.0. The molecule has 1 aliphatic rings. The molecule has 1 heterocycles. The number of carbonyl (C=O) groups is 1. The second kappa shape index (κ2) is 7.63. The molecule has 22 heavy (non-hydrogen) atoms. The molecule has 1 fully saturated rings. The Balaban J connectivity index is 1.75. The Bertz CT molecular complexity index is 468. The molecule has 0 saturated carbocycles. The van der Waals surface area contributed by atoms with Crippen LogP contribution in [0.25, 0.3) is 0 Å². The minimum absolute atomic E-state index is 0.0419. The van der Waals surface area contributed by atoms with Gasteiger partial charge in [0.1, 0.15) is 0 Å². The van der Waals surface area contributed by atoms with Gasteiger partial charge >= 0.3 is 6.03 Å². The number of rotatable bonds is 4. The van der Waals surface area contributed by atoms with E-state index in [-0.39, 0.29) is 11.6 Å². The number of hydrogen-bond acceptors (Lipinski definition) is 2. The lowest BCUT2D eigenvalue weighted by Crippen LogP contribution is -2.51. The Morgan fingerprint density at radius 1 is 1.32 bits per heavy atom. The van der Waals surface area contributed by atoms with Crippen molar-refractivity contribution >= 4 is 6.03 Å². The number of amides is 2. The van der Waals surface area contributed by atoms with Crippen molar-refractivity contribution in [2.75, 3.05) is 19.7 Å². The third-order valence-corrected chi connectivity index (χ3v) is 3.75. The van der Waals surface area contributed by atoms with Gasteiger partial charge in [-0.1, -0.05) is 30.3 Å². The van der Waals surface area contributed by atoms with Crippen LogP contribution in [0.1, 0.15) is 39.2 Å². The highest BCUT2D eigenvalue weighted by molar-refractivity contribution is 5.75. The number of urea groups is 1. The number of hydrogen-bond donors (Lipinski definition) is 1. The molecule has 1 aromatic rings. The first kappa shape index (κ1) is 16.8. The molecule has 4 heteroatoms. The minimum atomic E-state index is -0.187. The number of likely N-dealkylation sites (tertiary alicyclic amines) is 1. The highest BCUT2D eigenvalue weighted by atomic mass is 16.5. The summed E-state index contributed by atoms with van der Waals surface area (Å²) in [4.78, 5) is 14.2. The molecule has 4 nitrogen and oxygen atoms in total. The number of nitrogens with zero attached hydrogens (tertiary/aromatic N) is 1. The number of piperidine rings is 1. The van der Waals surface area contributed by atoms with Gasteiger partial charge in [0.2, 0.25) is 0 Å². The normalized spacial score (nSPS) is 19.0. The van der Waals surface area contributed by atoms with Crippen LogP contribution < -0.4 is 5.32 Å². The number of ether oxygens (including phenoxy) is 1. The molecular formula is C18H28N2O2. The van der Waals surface area contributed by atoms with Crippen LogP contribution in [0.3, 0.4) is 0 Å². The topological polar surface area (TPSA) is 41.6 Å². The Labute approximate surface area is 133 Å². The summed E-state index contributed by atoms with van der Waals surface area (Å²) >= 11 is 0. The van der Waals surface area contributed by atoms with Crippen molar-refractivity contribution < 1.29 is 9.53 Å². The van der Waals surface area contributed by atoms with Gasteiger partial charge in [0.05, 0.1) is 13.2 Å². The molecule has 1 unspecified atom stereocenters. The van der Waals surface area contributed by atoms with Gasteiger partial charge in [-0.25, -0.2) is 4.79 Å². The Morgan fingerprint density at radius 2 is 2.05 bits per heavy atom. The minimum Gasteiger partial charge on any atom is -0.376 e. The Morgan fingerprint density at radius 3 is 2.73 bits per heavy atom. The van der Waals surface area contributed by atoms with Crippen LogP contribution in [0.4, 0.5) is 4.79 Å². The fourth-order valence-electron chi connectivity index (χ4n) is 2.70. The van der Waals surface area contributed by atoms with Gasteiger partial charge < -0.3 is 15.0 Å². The van der Waals surface area contributed by atoms with Crippen molar-refractivity contribution in [3.63, 3.8) is 0 Å². The van der Waals surface area contributed by atoms with Crippen LogP contribution in [0.2, 0.25) is 0 Å². The average molecular weight is 304 g/mol. The van der Waals surface area contributed by atoms with E-state index in [1.54, 1.807) is 0 Å². The molecule has 1 N–H and O–H groups in total. The Kier molecular flexibility index (Phi) is 5.83. The van der Waals surface area contributed by atoms with E-state index < -0.39 is 0 Å². The maximum atomic E-state index is 12.2. The molecule has 0 aliphatic carbocycles. The molecule has 122 valence electrons. The lowest BCUT2D eigenvalue weighted by molar-refractivity contribution is 0.0584. The van der Waals surface area contributed by atoms with Gasteiger partial charge in [0, 0.05) is 24.5 Å². The van der Waals surface area contributed by atoms with Gasteiger partial charge in [0.15, 0.2) is 0 Å². The van der Waals surface area contributed by atoms with E-state index >= 15 is 0 Å². The molecule has 0 spiro atoms. The summed E-state index contributed by atoms with van der Waals surface area (Å²) in [5, 5.41) is 3.04. The van der Waals surface area contributed by atoms with Crippen molar-refractivity contribution in [1.29, 1.82) is 0 Å². The first-order chi connectivity index (χ1) is 10.4. The molecule has 1 aliphatic heterocycles. The second-order valence-electron chi connectivity index (χ2n) is 7.14. The number of nitrogens with one attached hydrogen (secondary N) is 1. The third-order valence-electron chi connectivity index (χ3n) is 3.75. The summed E-state index contributed by atoms with van der Waals surface area (Å²) in [6.45, 7) is 9.02. The van der Waals surface area contributed by atoms with Crippen molar-refractivity contribution in [2.24, 2.45) is 5.92 Å². The maximum Gasteiger partial charge on any atom is 0.317 e. The molecule has 1 atom stereocenters. The fraction of sp³-hybridized carbons (Fsp3) is 0.611. The van der Waals surface area contributed by atoms with Gasteiger partial charge in [-0.15, -0.1) is 0 Å². The Hall–Kier alpha value is -1.55. The van der Waals surface area contributed by atoms with Crippen LogP contribution in [-0.2, 0) is 11.3 Å². The van der Waals surface area contributed by atoms with Crippen LogP contribution in [-0.4, -0.2) is 36.2 Å². The monoisotopic (exact) mass is 304 g/mol. The van der Waals surface area contributed by atoms with E-state index in [1.165, 1.54) is 5.56 Å². The summed E-state index contributed by atoms with van der Waals surface area (Å²) in [6, 6.07) is 10.3. The summed E-state index contributed by atoms with van der Waals surface area (Å²) in [6.07, 6.45) is 2.19. The molecule has 1 saturated heterocycles. The molecule has 0 aromatic heterocycles. The van der Waals surface area contributed by atoms with Gasteiger partial charge in [0.25, 0.3) is 0 Å². The summed E-state index contributed by atoms with van der Waals surface area (Å²) in [7, 11) is 0. The van der Waals surface area contributed by atoms with E-state index in [2.05, 4.69) is 17.4 Å². The van der Waals surface area contributed by atoms with Crippen LogP contribution in [0, 0.1) is 5.92 Å². The molecule has 2 rings (SSSR count). The molecule has 0 bridgehead atoms. The van der Waals surface area contributed by atoms with Crippen molar-refractivity contribution in [1.82, 2.24) is 10.2 Å². The molecule has 2 amide bonds. The summed E-state index contributed by atoms with van der Waals surface area (Å²) < 4.78 is 5.83. The van der Waals surface area contributed by atoms with Crippen molar-refractivity contribution in [3.05, 3.63) is 35.9 Å². The largest absolute Gasteiger partial charge is 0.376 e. The molecule has 1 aromatic carbocycles. The number of carbonyl (C=O) groups excluding carboxylic acids is 1. The molecule has 0 radical (unpaired) electrons. The SMILES string of the molecule is CC(C)(C)NC(=O)N1CCCC(COCc2ccccc2)C1. The highest BCUT2D eigenvalue weighted by Crippen LogP contribution is 2.18. The van der Waals surface area contributed by atoms with E-state index in [0.717, 1.165) is 25.9 Å². The third kappa shape index (κ3) is 5.68. The highest BCUT2D eigenvalue weighted by Gasteiger charge is 2.25. The fourth-order valence-corrected chi connectivity index (χ4v) is 2.70. The average Bonchev–Trinajstić information content (AvgIpc) is 2.47.